The van der Waals surface area contributed by atoms with Crippen molar-refractivity contribution in [1.82, 2.24) is 0 Å². The van der Waals surface area contributed by atoms with Crippen molar-refractivity contribution >= 4 is 11.8 Å². The Morgan fingerprint density at radius 2 is 1.64 bits per heavy atom. The molecule has 0 amide bonds. The highest BCUT2D eigenvalue weighted by Crippen LogP contribution is 2.42. The molecule has 0 unspecified atom stereocenters. The minimum atomic E-state index is -0.421. The molecule has 6 nitrogen and oxygen atoms in total. The van der Waals surface area contributed by atoms with Gasteiger partial charge in [-0.2, -0.15) is 0 Å². The Morgan fingerprint density at radius 1 is 0.960 bits per heavy atom. The number of methoxy groups -OCH3 is 3. The Kier molecular flexibility index (Phi) is 8.81. The molecule has 0 fully saturated rings. The van der Waals surface area contributed by atoms with Gasteiger partial charge in [-0.05, 0) is 19.4 Å². The number of hydrogen-bond acceptors (Lipinski definition) is 6. The molecule has 1 rings (SSSR count). The Hall–Kier alpha value is -2.24. The molecule has 0 radical (unpaired) electrons. The van der Waals surface area contributed by atoms with Crippen molar-refractivity contribution in [3.8, 4) is 17.2 Å². The molecule has 0 aliphatic rings. The second-order valence-electron chi connectivity index (χ2n) is 5.53. The van der Waals surface area contributed by atoms with Crippen LogP contribution < -0.4 is 14.2 Å². The van der Waals surface area contributed by atoms with Crippen molar-refractivity contribution in [2.75, 3.05) is 27.9 Å². The number of benzene rings is 1. The van der Waals surface area contributed by atoms with Gasteiger partial charge in [0.05, 0.1) is 34.4 Å². The van der Waals surface area contributed by atoms with E-state index in [2.05, 4.69) is 6.92 Å². The fourth-order valence-corrected chi connectivity index (χ4v) is 2.67. The van der Waals surface area contributed by atoms with Gasteiger partial charge in [-0.25, -0.2) is 0 Å². The molecule has 0 bridgehead atoms. The molecule has 1 aromatic carbocycles. The molecule has 0 saturated heterocycles. The van der Waals surface area contributed by atoms with Gasteiger partial charge in [0.15, 0.2) is 17.3 Å². The highest BCUT2D eigenvalue weighted by atomic mass is 16.5. The third-order valence-corrected chi connectivity index (χ3v) is 3.87. The molecule has 0 heterocycles. The van der Waals surface area contributed by atoms with E-state index in [1.54, 1.807) is 13.0 Å². The summed E-state index contributed by atoms with van der Waals surface area (Å²) in [5.74, 6) is 0.608. The minimum Gasteiger partial charge on any atom is -0.493 e. The van der Waals surface area contributed by atoms with Crippen molar-refractivity contribution in [3.05, 3.63) is 17.2 Å². The van der Waals surface area contributed by atoms with E-state index in [0.717, 1.165) is 19.3 Å². The predicted octanol–water partition coefficient (Wildman–Crippen LogP) is 3.58. The zero-order valence-corrected chi connectivity index (χ0v) is 15.8. The third kappa shape index (κ3) is 5.37. The zero-order chi connectivity index (χ0) is 18.8. The van der Waals surface area contributed by atoms with Gasteiger partial charge in [0.2, 0.25) is 5.75 Å². The molecule has 1 aromatic rings. The first kappa shape index (κ1) is 20.8. The number of hydrogen-bond donors (Lipinski definition) is 0. The largest absolute Gasteiger partial charge is 0.493 e. The normalized spacial score (nSPS) is 10.3. The topological polar surface area (TPSA) is 71.1 Å². The number of unbranched alkanes of at least 4 members (excludes halogenated alkanes) is 2. The summed E-state index contributed by atoms with van der Waals surface area (Å²) < 4.78 is 21.2. The van der Waals surface area contributed by atoms with Crippen LogP contribution in [0.15, 0.2) is 6.07 Å². The van der Waals surface area contributed by atoms with Crippen molar-refractivity contribution in [2.45, 2.75) is 46.0 Å². The van der Waals surface area contributed by atoms with Crippen LogP contribution in [-0.2, 0) is 16.0 Å². The monoisotopic (exact) mass is 352 g/mol. The van der Waals surface area contributed by atoms with Crippen LogP contribution in [0.3, 0.4) is 0 Å². The van der Waals surface area contributed by atoms with Gasteiger partial charge in [-0.3, -0.25) is 9.59 Å². The van der Waals surface area contributed by atoms with Crippen LogP contribution in [0.4, 0.5) is 0 Å². The lowest BCUT2D eigenvalue weighted by Gasteiger charge is -2.19. The number of carbonyl (C=O) groups excluding carboxylic acids is 2. The highest BCUT2D eigenvalue weighted by molar-refractivity contribution is 6.00. The number of Topliss-reactive ketones (excluding diaryl/α,β-unsaturated/α-hetero) is 1. The summed E-state index contributed by atoms with van der Waals surface area (Å²) in [5, 5.41) is 0. The first-order chi connectivity index (χ1) is 12.0. The molecule has 6 heteroatoms. The van der Waals surface area contributed by atoms with Crippen LogP contribution in [-0.4, -0.2) is 39.7 Å². The van der Waals surface area contributed by atoms with Crippen LogP contribution in [0, 0.1) is 0 Å². The van der Waals surface area contributed by atoms with Gasteiger partial charge < -0.3 is 18.9 Å². The summed E-state index contributed by atoms with van der Waals surface area (Å²) in [7, 11) is 4.45. The second-order valence-corrected chi connectivity index (χ2v) is 5.53. The van der Waals surface area contributed by atoms with Gasteiger partial charge in [-0.1, -0.05) is 19.8 Å². The summed E-state index contributed by atoms with van der Waals surface area (Å²) in [6, 6.07) is 1.62. The van der Waals surface area contributed by atoms with E-state index < -0.39 is 5.97 Å². The molecule has 140 valence electrons. The van der Waals surface area contributed by atoms with Gasteiger partial charge in [-0.15, -0.1) is 0 Å². The number of esters is 1. The smallest absolute Gasteiger partial charge is 0.310 e. The Labute approximate surface area is 149 Å². The molecular weight excluding hydrogens is 324 g/mol. The van der Waals surface area contributed by atoms with Crippen LogP contribution in [0.5, 0.6) is 17.2 Å². The fourth-order valence-electron chi connectivity index (χ4n) is 2.67. The van der Waals surface area contributed by atoms with E-state index in [1.807, 2.05) is 0 Å². The minimum absolute atomic E-state index is 0.0491. The van der Waals surface area contributed by atoms with Crippen LogP contribution in [0.2, 0.25) is 0 Å². The van der Waals surface area contributed by atoms with E-state index in [1.165, 1.54) is 21.3 Å². The van der Waals surface area contributed by atoms with Crippen molar-refractivity contribution < 1.29 is 28.5 Å². The van der Waals surface area contributed by atoms with Gasteiger partial charge >= 0.3 is 5.97 Å². The molecule has 0 atom stereocenters. The van der Waals surface area contributed by atoms with Crippen LogP contribution in [0.1, 0.15) is 55.5 Å². The lowest BCUT2D eigenvalue weighted by Crippen LogP contribution is -2.14. The SMILES string of the molecule is CCCCCC(=O)c1cc(OC)c(OC)c(OC)c1CC(=O)OCC. The summed E-state index contributed by atoms with van der Waals surface area (Å²) in [5.41, 5.74) is 0.888. The molecular formula is C19H28O6. The highest BCUT2D eigenvalue weighted by Gasteiger charge is 2.25. The maximum absolute atomic E-state index is 12.7. The maximum atomic E-state index is 12.7. The van der Waals surface area contributed by atoms with E-state index in [0.29, 0.717) is 34.8 Å². The van der Waals surface area contributed by atoms with E-state index in [4.69, 9.17) is 18.9 Å². The Bertz CT molecular complexity index is 594. The van der Waals surface area contributed by atoms with E-state index in [9.17, 15) is 9.59 Å². The predicted molar refractivity (Wildman–Crippen MR) is 94.9 cm³/mol. The standard InChI is InChI=1S/C19H28O6/c1-6-8-9-10-15(20)13-11-16(22-3)19(24-5)18(23-4)14(13)12-17(21)25-7-2/h11H,6-10,12H2,1-5H3. The molecule has 0 aromatic heterocycles. The lowest BCUT2D eigenvalue weighted by atomic mass is 9.95. The van der Waals surface area contributed by atoms with Gasteiger partial charge in [0.25, 0.3) is 0 Å². The average Bonchev–Trinajstić information content (AvgIpc) is 2.61. The molecule has 25 heavy (non-hydrogen) atoms. The van der Waals surface area contributed by atoms with Crippen molar-refractivity contribution in [1.29, 1.82) is 0 Å². The molecule has 0 N–H and O–H groups in total. The first-order valence-corrected chi connectivity index (χ1v) is 8.54. The molecule has 0 saturated carbocycles. The second kappa shape index (κ2) is 10.6. The molecule has 0 aliphatic carbocycles. The lowest BCUT2D eigenvalue weighted by molar-refractivity contribution is -0.142. The van der Waals surface area contributed by atoms with Gasteiger partial charge in [0.1, 0.15) is 0 Å². The van der Waals surface area contributed by atoms with Crippen LogP contribution in [0.25, 0.3) is 0 Å². The third-order valence-electron chi connectivity index (χ3n) is 3.87. The quantitative estimate of drug-likeness (QED) is 0.344. The summed E-state index contributed by atoms with van der Waals surface area (Å²) >= 11 is 0. The summed E-state index contributed by atoms with van der Waals surface area (Å²) in [6.45, 7) is 4.09. The zero-order valence-electron chi connectivity index (χ0n) is 15.8. The molecule has 0 aliphatic heterocycles. The molecule has 0 spiro atoms. The Morgan fingerprint density at radius 3 is 2.16 bits per heavy atom. The van der Waals surface area contributed by atoms with Crippen molar-refractivity contribution in [3.63, 3.8) is 0 Å². The Balaban J connectivity index is 3.38. The van der Waals surface area contributed by atoms with Crippen molar-refractivity contribution in [2.24, 2.45) is 0 Å². The number of ether oxygens (including phenoxy) is 4. The fraction of sp³-hybridized carbons (Fsp3) is 0.579. The average molecular weight is 352 g/mol. The summed E-state index contributed by atoms with van der Waals surface area (Å²) in [4.78, 5) is 24.7. The van der Waals surface area contributed by atoms with Crippen LogP contribution >= 0.6 is 0 Å². The number of rotatable bonds is 11. The van der Waals surface area contributed by atoms with Gasteiger partial charge in [0, 0.05) is 17.5 Å². The maximum Gasteiger partial charge on any atom is 0.310 e. The van der Waals surface area contributed by atoms with E-state index >= 15 is 0 Å². The first-order valence-electron chi connectivity index (χ1n) is 8.54. The number of ketones is 1. The number of carbonyl (C=O) groups is 2. The summed E-state index contributed by atoms with van der Waals surface area (Å²) in [6.07, 6.45) is 3.14. The van der Waals surface area contributed by atoms with E-state index in [-0.39, 0.29) is 18.8 Å².